The summed E-state index contributed by atoms with van der Waals surface area (Å²) in [5.41, 5.74) is 4.09. The maximum absolute atomic E-state index is 12.1. The van der Waals surface area contributed by atoms with Crippen LogP contribution in [0.2, 0.25) is 0 Å². The molecule has 1 heterocycles. The molecule has 0 radical (unpaired) electrons. The molecule has 1 atom stereocenters. The van der Waals surface area contributed by atoms with Gasteiger partial charge >= 0.3 is 0 Å². The number of ether oxygens (including phenoxy) is 2. The molecule has 2 aromatic carbocycles. The van der Waals surface area contributed by atoms with Crippen molar-refractivity contribution in [3.05, 3.63) is 54.1 Å². The van der Waals surface area contributed by atoms with Gasteiger partial charge in [0.15, 0.2) is 11.5 Å². The van der Waals surface area contributed by atoms with Crippen LogP contribution in [0.3, 0.4) is 0 Å². The summed E-state index contributed by atoms with van der Waals surface area (Å²) >= 11 is 0. The Morgan fingerprint density at radius 1 is 1.17 bits per heavy atom. The molecular formula is C20H21N5O4. The van der Waals surface area contributed by atoms with Crippen LogP contribution in [0.1, 0.15) is 12.0 Å². The number of guanidine groups is 1. The van der Waals surface area contributed by atoms with E-state index < -0.39 is 6.04 Å². The highest BCUT2D eigenvalue weighted by Gasteiger charge is 2.28. The van der Waals surface area contributed by atoms with E-state index in [1.807, 2.05) is 18.2 Å². The Hall–Kier alpha value is -3.88. The number of hydrazone groups is 1. The molecule has 0 saturated heterocycles. The van der Waals surface area contributed by atoms with Crippen molar-refractivity contribution in [2.24, 2.45) is 10.1 Å². The van der Waals surface area contributed by atoms with Gasteiger partial charge in [0.25, 0.3) is 5.91 Å². The number of anilines is 1. The molecule has 0 fully saturated rings. The number of carbonyl (C=O) groups is 2. The van der Waals surface area contributed by atoms with Gasteiger partial charge in [0.1, 0.15) is 6.04 Å². The van der Waals surface area contributed by atoms with Gasteiger partial charge in [-0.2, -0.15) is 5.10 Å². The summed E-state index contributed by atoms with van der Waals surface area (Å²) in [5.74, 6) is 0.713. The first-order valence-electron chi connectivity index (χ1n) is 8.83. The lowest BCUT2D eigenvalue weighted by Crippen LogP contribution is -2.35. The monoisotopic (exact) mass is 395 g/mol. The maximum atomic E-state index is 12.1. The minimum Gasteiger partial charge on any atom is -0.493 e. The lowest BCUT2D eigenvalue weighted by atomic mass is 10.2. The van der Waals surface area contributed by atoms with Crippen LogP contribution in [-0.4, -0.2) is 44.2 Å². The van der Waals surface area contributed by atoms with E-state index in [9.17, 15) is 9.59 Å². The highest BCUT2D eigenvalue weighted by molar-refractivity contribution is 6.07. The third kappa shape index (κ3) is 5.32. The highest BCUT2D eigenvalue weighted by Crippen LogP contribution is 2.26. The van der Waals surface area contributed by atoms with Crippen molar-refractivity contribution in [1.29, 1.82) is 0 Å². The van der Waals surface area contributed by atoms with E-state index in [-0.39, 0.29) is 24.2 Å². The molecule has 2 amide bonds. The number of aliphatic imine (C=N–C) groups is 1. The molecule has 150 valence electrons. The Morgan fingerprint density at radius 2 is 1.93 bits per heavy atom. The number of rotatable bonds is 7. The minimum atomic E-state index is -0.808. The average Bonchev–Trinajstić information content (AvgIpc) is 3.07. The number of carbonyl (C=O) groups excluding carboxylic acids is 2. The van der Waals surface area contributed by atoms with Gasteiger partial charge in [-0.05, 0) is 35.9 Å². The zero-order valence-electron chi connectivity index (χ0n) is 16.0. The molecular weight excluding hydrogens is 374 g/mol. The fourth-order valence-corrected chi connectivity index (χ4v) is 2.65. The van der Waals surface area contributed by atoms with Gasteiger partial charge in [0.2, 0.25) is 11.9 Å². The van der Waals surface area contributed by atoms with Gasteiger partial charge < -0.3 is 14.8 Å². The highest BCUT2D eigenvalue weighted by atomic mass is 16.5. The zero-order chi connectivity index (χ0) is 20.6. The van der Waals surface area contributed by atoms with E-state index in [0.717, 1.165) is 5.56 Å². The number of methoxy groups -OCH3 is 2. The van der Waals surface area contributed by atoms with Crippen molar-refractivity contribution < 1.29 is 19.1 Å². The molecule has 0 bridgehead atoms. The molecule has 1 aliphatic rings. The summed E-state index contributed by atoms with van der Waals surface area (Å²) in [7, 11) is 3.11. The molecule has 0 aromatic heterocycles. The fraction of sp³-hybridized carbons (Fsp3) is 0.200. The molecule has 9 heteroatoms. The van der Waals surface area contributed by atoms with Crippen LogP contribution in [0.15, 0.2) is 58.6 Å². The number of nitrogens with zero attached hydrogens (tertiary/aromatic N) is 2. The first-order chi connectivity index (χ1) is 14.1. The SMILES string of the molecule is COc1ccc(/C=N/NC2=NC(CC(=O)Nc3ccccc3)C(=O)N2)cc1OC. The van der Waals surface area contributed by atoms with Crippen molar-refractivity contribution in [2.75, 3.05) is 19.5 Å². The number of hydrogen-bond donors (Lipinski definition) is 3. The average molecular weight is 395 g/mol. The van der Waals surface area contributed by atoms with Crippen molar-refractivity contribution in [3.8, 4) is 11.5 Å². The quantitative estimate of drug-likeness (QED) is 0.486. The van der Waals surface area contributed by atoms with E-state index in [4.69, 9.17) is 9.47 Å². The van der Waals surface area contributed by atoms with E-state index in [0.29, 0.717) is 17.2 Å². The lowest BCUT2D eigenvalue weighted by Gasteiger charge is -2.07. The predicted octanol–water partition coefficient (Wildman–Crippen LogP) is 1.51. The van der Waals surface area contributed by atoms with Gasteiger partial charge in [-0.15, -0.1) is 0 Å². The topological polar surface area (TPSA) is 113 Å². The summed E-state index contributed by atoms with van der Waals surface area (Å²) < 4.78 is 10.4. The van der Waals surface area contributed by atoms with Crippen LogP contribution in [0, 0.1) is 0 Å². The number of hydrogen-bond acceptors (Lipinski definition) is 7. The van der Waals surface area contributed by atoms with Gasteiger partial charge in [0.05, 0.1) is 26.9 Å². The first kappa shape index (κ1) is 19.9. The van der Waals surface area contributed by atoms with Crippen molar-refractivity contribution in [1.82, 2.24) is 10.7 Å². The van der Waals surface area contributed by atoms with Crippen molar-refractivity contribution >= 4 is 29.7 Å². The second kappa shape index (κ2) is 9.36. The Morgan fingerprint density at radius 3 is 2.66 bits per heavy atom. The Bertz CT molecular complexity index is 943. The molecule has 0 aliphatic carbocycles. The number of para-hydroxylation sites is 1. The minimum absolute atomic E-state index is 0.0642. The van der Waals surface area contributed by atoms with Gasteiger partial charge in [0, 0.05) is 5.69 Å². The Labute approximate surface area is 167 Å². The van der Waals surface area contributed by atoms with Crippen LogP contribution < -0.4 is 25.5 Å². The van der Waals surface area contributed by atoms with Gasteiger partial charge in [-0.3, -0.25) is 14.9 Å². The molecule has 3 N–H and O–H groups in total. The van der Waals surface area contributed by atoms with Crippen molar-refractivity contribution in [2.45, 2.75) is 12.5 Å². The fourth-order valence-electron chi connectivity index (χ4n) is 2.65. The molecule has 1 unspecified atom stereocenters. The third-order valence-corrected chi connectivity index (χ3v) is 4.06. The van der Waals surface area contributed by atoms with E-state index >= 15 is 0 Å². The van der Waals surface area contributed by atoms with Crippen LogP contribution in [0.4, 0.5) is 5.69 Å². The molecule has 3 rings (SSSR count). The summed E-state index contributed by atoms with van der Waals surface area (Å²) in [6.45, 7) is 0. The molecule has 1 aliphatic heterocycles. The number of nitrogens with one attached hydrogen (secondary N) is 3. The van der Waals surface area contributed by atoms with Crippen LogP contribution >= 0.6 is 0 Å². The Balaban J connectivity index is 1.56. The van der Waals surface area contributed by atoms with E-state index in [1.165, 1.54) is 0 Å². The summed E-state index contributed by atoms with van der Waals surface area (Å²) in [4.78, 5) is 28.3. The standard InChI is InChI=1S/C20H21N5O4/c1-28-16-9-8-13(10-17(16)29-2)12-21-25-20-23-15(19(27)24-20)11-18(26)22-14-6-4-3-5-7-14/h3-10,12,15H,11H2,1-2H3,(H,22,26)(H2,23,24,25,27)/b21-12+. The van der Waals surface area contributed by atoms with Gasteiger partial charge in [-0.25, -0.2) is 10.4 Å². The van der Waals surface area contributed by atoms with Crippen LogP contribution in [0.5, 0.6) is 11.5 Å². The largest absolute Gasteiger partial charge is 0.493 e. The molecule has 0 spiro atoms. The normalized spacial score (nSPS) is 15.6. The maximum Gasteiger partial charge on any atom is 0.252 e. The van der Waals surface area contributed by atoms with E-state index in [1.54, 1.807) is 50.8 Å². The van der Waals surface area contributed by atoms with Crippen LogP contribution in [-0.2, 0) is 9.59 Å². The number of benzene rings is 2. The zero-order valence-corrected chi connectivity index (χ0v) is 16.0. The molecule has 0 saturated carbocycles. The number of amides is 2. The van der Waals surface area contributed by atoms with E-state index in [2.05, 4.69) is 26.2 Å². The second-order valence-corrected chi connectivity index (χ2v) is 6.09. The molecule has 2 aromatic rings. The van der Waals surface area contributed by atoms with Crippen LogP contribution in [0.25, 0.3) is 0 Å². The Kier molecular flexibility index (Phi) is 6.41. The summed E-state index contributed by atoms with van der Waals surface area (Å²) in [6.07, 6.45) is 1.48. The lowest BCUT2D eigenvalue weighted by molar-refractivity contribution is -0.123. The smallest absolute Gasteiger partial charge is 0.252 e. The predicted molar refractivity (Wildman–Crippen MR) is 109 cm³/mol. The third-order valence-electron chi connectivity index (χ3n) is 4.06. The summed E-state index contributed by atoms with van der Waals surface area (Å²) in [5, 5.41) is 9.34. The van der Waals surface area contributed by atoms with Crippen molar-refractivity contribution in [3.63, 3.8) is 0 Å². The summed E-state index contributed by atoms with van der Waals surface area (Å²) in [6, 6.07) is 13.5. The second-order valence-electron chi connectivity index (χ2n) is 6.09. The molecule has 29 heavy (non-hydrogen) atoms. The van der Waals surface area contributed by atoms with Gasteiger partial charge in [-0.1, -0.05) is 18.2 Å². The molecule has 9 nitrogen and oxygen atoms in total. The first-order valence-corrected chi connectivity index (χ1v) is 8.83.